The molecule has 0 aromatic heterocycles. The maximum atomic E-state index is 9.98. The van der Waals surface area contributed by atoms with Crippen LogP contribution in [0.25, 0.3) is 0 Å². The van der Waals surface area contributed by atoms with Crippen LogP contribution in [-0.4, -0.2) is 29.8 Å². The average Bonchev–Trinajstić information content (AvgIpc) is 2.02. The van der Waals surface area contributed by atoms with E-state index in [0.717, 1.165) is 19.4 Å². The predicted molar refractivity (Wildman–Crippen MR) is 56.5 cm³/mol. The van der Waals surface area contributed by atoms with Crippen molar-refractivity contribution in [2.24, 2.45) is 0 Å². The fourth-order valence-electron chi connectivity index (χ4n) is 1.60. The highest BCUT2D eigenvalue weighted by Gasteiger charge is 2.11. The first kappa shape index (κ1) is 12.6. The van der Waals surface area contributed by atoms with Gasteiger partial charge in [-0.15, -0.1) is 0 Å². The topological polar surface area (TPSA) is 20.3 Å². The van der Waals surface area contributed by atoms with E-state index in [0.29, 0.717) is 18.5 Å². The standard InChI is InChI=1S/C11H22NO/c1-10(2)12(11(3)4)8-6-5-7-9-13/h10-11H,5-8H2,1-4H3. The lowest BCUT2D eigenvalue weighted by Gasteiger charge is -2.30. The molecule has 0 saturated carbocycles. The Kier molecular flexibility index (Phi) is 6.87. The molecule has 0 aromatic carbocycles. The van der Waals surface area contributed by atoms with E-state index in [9.17, 15) is 4.79 Å². The summed E-state index contributed by atoms with van der Waals surface area (Å²) in [6.45, 7) is 9.95. The van der Waals surface area contributed by atoms with Gasteiger partial charge in [0.05, 0.1) is 0 Å². The Labute approximate surface area is 82.3 Å². The lowest BCUT2D eigenvalue weighted by atomic mass is 10.2. The molecular formula is C11H22NO. The van der Waals surface area contributed by atoms with Crippen molar-refractivity contribution in [1.29, 1.82) is 0 Å². The van der Waals surface area contributed by atoms with E-state index < -0.39 is 0 Å². The van der Waals surface area contributed by atoms with Crippen LogP contribution in [-0.2, 0) is 4.79 Å². The van der Waals surface area contributed by atoms with Crippen LogP contribution in [0.15, 0.2) is 0 Å². The zero-order valence-corrected chi connectivity index (χ0v) is 9.34. The van der Waals surface area contributed by atoms with Crippen LogP contribution in [0.1, 0.15) is 47.0 Å². The fraction of sp³-hybridized carbons (Fsp3) is 0.909. The first-order valence-corrected chi connectivity index (χ1v) is 5.20. The molecule has 0 unspecified atom stereocenters. The SMILES string of the molecule is CC(C)N(CCCC[C]=O)C(C)C. The maximum Gasteiger partial charge on any atom is 0.198 e. The summed E-state index contributed by atoms with van der Waals surface area (Å²) in [5.41, 5.74) is 0. The molecule has 0 atom stereocenters. The highest BCUT2D eigenvalue weighted by atomic mass is 16.1. The maximum absolute atomic E-state index is 9.98. The third-order valence-electron chi connectivity index (χ3n) is 2.27. The molecule has 2 heteroatoms. The molecule has 2 nitrogen and oxygen atoms in total. The van der Waals surface area contributed by atoms with E-state index in [-0.39, 0.29) is 0 Å². The molecule has 0 rings (SSSR count). The quantitative estimate of drug-likeness (QED) is 0.566. The number of hydrogen-bond donors (Lipinski definition) is 0. The van der Waals surface area contributed by atoms with Crippen molar-refractivity contribution in [2.75, 3.05) is 6.54 Å². The van der Waals surface area contributed by atoms with Gasteiger partial charge in [-0.2, -0.15) is 0 Å². The molecule has 0 saturated heterocycles. The van der Waals surface area contributed by atoms with Gasteiger partial charge in [0.1, 0.15) is 0 Å². The smallest absolute Gasteiger partial charge is 0.198 e. The molecular weight excluding hydrogens is 162 g/mol. The highest BCUT2D eigenvalue weighted by molar-refractivity contribution is 5.50. The number of unbranched alkanes of at least 4 members (excludes halogenated alkanes) is 2. The molecule has 0 fully saturated rings. The van der Waals surface area contributed by atoms with Crippen molar-refractivity contribution in [3.05, 3.63) is 0 Å². The van der Waals surface area contributed by atoms with Gasteiger partial charge in [-0.25, -0.2) is 0 Å². The van der Waals surface area contributed by atoms with Gasteiger partial charge in [0, 0.05) is 18.5 Å². The number of nitrogens with zero attached hydrogens (tertiary/aromatic N) is 1. The third-order valence-corrected chi connectivity index (χ3v) is 2.27. The summed E-state index contributed by atoms with van der Waals surface area (Å²) in [7, 11) is 0. The van der Waals surface area contributed by atoms with Gasteiger partial charge >= 0.3 is 0 Å². The van der Waals surface area contributed by atoms with Gasteiger partial charge in [0.2, 0.25) is 0 Å². The Hall–Kier alpha value is -0.370. The number of rotatable bonds is 7. The minimum atomic E-state index is 0.587. The van der Waals surface area contributed by atoms with Crippen LogP contribution in [0.2, 0.25) is 0 Å². The Morgan fingerprint density at radius 2 is 1.62 bits per heavy atom. The van der Waals surface area contributed by atoms with Crippen LogP contribution in [0.3, 0.4) is 0 Å². The minimum Gasteiger partial charge on any atom is -0.299 e. The Morgan fingerprint density at radius 1 is 1.08 bits per heavy atom. The zero-order chi connectivity index (χ0) is 10.3. The van der Waals surface area contributed by atoms with E-state index in [1.54, 1.807) is 0 Å². The summed E-state index contributed by atoms with van der Waals surface area (Å²) in [4.78, 5) is 12.4. The second-order valence-electron chi connectivity index (χ2n) is 4.03. The molecule has 13 heavy (non-hydrogen) atoms. The second kappa shape index (κ2) is 7.07. The summed E-state index contributed by atoms with van der Waals surface area (Å²) < 4.78 is 0. The summed E-state index contributed by atoms with van der Waals surface area (Å²) in [6.07, 6.45) is 4.59. The average molecular weight is 184 g/mol. The van der Waals surface area contributed by atoms with E-state index in [4.69, 9.17) is 0 Å². The Balaban J connectivity index is 3.63. The van der Waals surface area contributed by atoms with Gasteiger partial charge in [0.25, 0.3) is 0 Å². The van der Waals surface area contributed by atoms with Crippen molar-refractivity contribution in [3.63, 3.8) is 0 Å². The molecule has 0 aliphatic carbocycles. The van der Waals surface area contributed by atoms with Gasteiger partial charge in [-0.05, 0) is 47.1 Å². The minimum absolute atomic E-state index is 0.587. The van der Waals surface area contributed by atoms with Crippen LogP contribution in [0, 0.1) is 0 Å². The van der Waals surface area contributed by atoms with Gasteiger partial charge in [-0.1, -0.05) is 0 Å². The molecule has 0 amide bonds. The van der Waals surface area contributed by atoms with Gasteiger partial charge < -0.3 is 0 Å². The van der Waals surface area contributed by atoms with Crippen molar-refractivity contribution in [3.8, 4) is 0 Å². The fourth-order valence-corrected chi connectivity index (χ4v) is 1.60. The first-order chi connectivity index (χ1) is 6.09. The Morgan fingerprint density at radius 3 is 2.00 bits per heavy atom. The van der Waals surface area contributed by atoms with E-state index in [1.165, 1.54) is 0 Å². The van der Waals surface area contributed by atoms with Crippen molar-refractivity contribution >= 4 is 6.29 Å². The van der Waals surface area contributed by atoms with Crippen molar-refractivity contribution < 1.29 is 4.79 Å². The molecule has 0 bridgehead atoms. The summed E-state index contributed by atoms with van der Waals surface area (Å²) in [5, 5.41) is 0. The molecule has 0 N–H and O–H groups in total. The first-order valence-electron chi connectivity index (χ1n) is 5.20. The summed E-state index contributed by atoms with van der Waals surface area (Å²) in [5.74, 6) is 0. The lowest BCUT2D eigenvalue weighted by molar-refractivity contribution is 0.172. The van der Waals surface area contributed by atoms with E-state index in [2.05, 4.69) is 32.6 Å². The van der Waals surface area contributed by atoms with Gasteiger partial charge in [-0.3, -0.25) is 9.69 Å². The summed E-state index contributed by atoms with van der Waals surface area (Å²) in [6, 6.07) is 1.19. The van der Waals surface area contributed by atoms with Crippen molar-refractivity contribution in [1.82, 2.24) is 4.90 Å². The second-order valence-corrected chi connectivity index (χ2v) is 4.03. The molecule has 0 aromatic rings. The molecule has 1 radical (unpaired) electrons. The van der Waals surface area contributed by atoms with E-state index >= 15 is 0 Å². The molecule has 0 aliphatic rings. The van der Waals surface area contributed by atoms with Crippen LogP contribution in [0.5, 0.6) is 0 Å². The summed E-state index contributed by atoms with van der Waals surface area (Å²) >= 11 is 0. The van der Waals surface area contributed by atoms with Gasteiger partial charge in [0.15, 0.2) is 6.29 Å². The zero-order valence-electron chi connectivity index (χ0n) is 9.34. The number of hydrogen-bond acceptors (Lipinski definition) is 2. The Bertz CT molecular complexity index is 124. The van der Waals surface area contributed by atoms with Crippen LogP contribution in [0.4, 0.5) is 0 Å². The van der Waals surface area contributed by atoms with Crippen molar-refractivity contribution in [2.45, 2.75) is 59.0 Å². The molecule has 77 valence electrons. The third kappa shape index (κ3) is 5.81. The molecule has 0 heterocycles. The normalized spacial score (nSPS) is 11.6. The van der Waals surface area contributed by atoms with E-state index in [1.807, 2.05) is 6.29 Å². The molecule has 0 spiro atoms. The lowest BCUT2D eigenvalue weighted by Crippen LogP contribution is -2.37. The monoisotopic (exact) mass is 184 g/mol. The largest absolute Gasteiger partial charge is 0.299 e. The molecule has 0 aliphatic heterocycles. The predicted octanol–water partition coefficient (Wildman–Crippen LogP) is 2.39. The highest BCUT2D eigenvalue weighted by Crippen LogP contribution is 2.07. The van der Waals surface area contributed by atoms with Crippen LogP contribution >= 0.6 is 0 Å². The number of carbonyl (C=O) groups excluding carboxylic acids is 1. The van der Waals surface area contributed by atoms with Crippen LogP contribution < -0.4 is 0 Å².